The summed E-state index contributed by atoms with van der Waals surface area (Å²) in [4.78, 5) is 13.0. The number of rotatable bonds is 9. The number of carbonyl (C=O) groups excluding carboxylic acids is 1. The Morgan fingerprint density at radius 3 is 2.29 bits per heavy atom. The van der Waals surface area contributed by atoms with Crippen molar-refractivity contribution in [2.75, 3.05) is 25.1 Å². The molecule has 9 heteroatoms. The van der Waals surface area contributed by atoms with Gasteiger partial charge in [-0.3, -0.25) is 9.10 Å². The number of sulfonamides is 1. The summed E-state index contributed by atoms with van der Waals surface area (Å²) < 4.78 is 39.2. The second-order valence-electron chi connectivity index (χ2n) is 7.67. The molecule has 34 heavy (non-hydrogen) atoms. The molecule has 7 nitrogen and oxygen atoms in total. The van der Waals surface area contributed by atoms with Crippen molar-refractivity contribution in [1.82, 2.24) is 5.32 Å². The van der Waals surface area contributed by atoms with E-state index in [9.17, 15) is 13.2 Å². The van der Waals surface area contributed by atoms with E-state index < -0.39 is 28.5 Å². The predicted molar refractivity (Wildman–Crippen MR) is 133 cm³/mol. The number of ether oxygens (including phenoxy) is 2. The monoisotopic (exact) mass is 502 g/mol. The Morgan fingerprint density at radius 1 is 1.00 bits per heavy atom. The zero-order valence-corrected chi connectivity index (χ0v) is 21.0. The summed E-state index contributed by atoms with van der Waals surface area (Å²) in [7, 11) is -1.21. The molecule has 1 atom stereocenters. The highest BCUT2D eigenvalue weighted by molar-refractivity contribution is 7.93. The van der Waals surface area contributed by atoms with E-state index in [1.54, 1.807) is 63.4 Å². The van der Waals surface area contributed by atoms with Crippen molar-refractivity contribution in [2.45, 2.75) is 24.8 Å². The minimum atomic E-state index is -4.16. The number of hydrogen-bond acceptors (Lipinski definition) is 5. The standard InChI is InChI=1S/C25H27ClN2O5S/c1-17-9-14-23(33-4)24(15-17)34(30,31)28(20-12-10-19(26)11-13-20)16-25(29)27-18(2)21-7-5-6-8-22(21)32-3/h5-15,18H,16H2,1-4H3,(H,27,29)/t18-/m1/s1. The first-order valence-corrected chi connectivity index (χ1v) is 12.3. The van der Waals surface area contributed by atoms with Crippen molar-refractivity contribution in [2.24, 2.45) is 0 Å². The SMILES string of the molecule is COc1ccccc1[C@@H](C)NC(=O)CN(c1ccc(Cl)cc1)S(=O)(=O)c1cc(C)ccc1OC. The molecule has 3 aromatic rings. The summed E-state index contributed by atoms with van der Waals surface area (Å²) in [6.45, 7) is 3.15. The lowest BCUT2D eigenvalue weighted by atomic mass is 10.1. The summed E-state index contributed by atoms with van der Waals surface area (Å²) >= 11 is 6.01. The van der Waals surface area contributed by atoms with E-state index in [4.69, 9.17) is 21.1 Å². The molecule has 3 aromatic carbocycles. The van der Waals surface area contributed by atoms with Gasteiger partial charge in [0.05, 0.1) is 25.9 Å². The third-order valence-corrected chi connectivity index (χ3v) is 7.32. The van der Waals surface area contributed by atoms with Crippen molar-refractivity contribution in [3.05, 3.63) is 82.9 Å². The zero-order valence-electron chi connectivity index (χ0n) is 19.4. The Bertz CT molecular complexity index is 1260. The average molecular weight is 503 g/mol. The molecule has 1 N–H and O–H groups in total. The summed E-state index contributed by atoms with van der Waals surface area (Å²) in [5.41, 5.74) is 1.82. The van der Waals surface area contributed by atoms with Crippen LogP contribution in [0.2, 0.25) is 5.02 Å². The van der Waals surface area contributed by atoms with E-state index in [-0.39, 0.29) is 10.6 Å². The molecule has 0 spiro atoms. The van der Waals surface area contributed by atoms with Crippen LogP contribution in [0.15, 0.2) is 71.6 Å². The molecule has 1 amide bonds. The predicted octanol–water partition coefficient (Wildman–Crippen LogP) is 4.74. The van der Waals surface area contributed by atoms with Gasteiger partial charge in [0.25, 0.3) is 10.0 Å². The van der Waals surface area contributed by atoms with E-state index in [2.05, 4.69) is 5.32 Å². The maximum Gasteiger partial charge on any atom is 0.268 e. The van der Waals surface area contributed by atoms with Crippen LogP contribution in [0.4, 0.5) is 5.69 Å². The van der Waals surface area contributed by atoms with Gasteiger partial charge in [-0.15, -0.1) is 0 Å². The number of hydrogen-bond donors (Lipinski definition) is 1. The summed E-state index contributed by atoms with van der Waals surface area (Å²) in [5, 5.41) is 3.31. The number of nitrogens with zero attached hydrogens (tertiary/aromatic N) is 1. The molecule has 0 aliphatic rings. The molecular weight excluding hydrogens is 476 g/mol. The zero-order chi connectivity index (χ0) is 24.9. The number of nitrogens with one attached hydrogen (secondary N) is 1. The molecule has 0 aliphatic heterocycles. The van der Waals surface area contributed by atoms with Crippen molar-refractivity contribution < 1.29 is 22.7 Å². The molecule has 3 rings (SSSR count). The number of methoxy groups -OCH3 is 2. The first-order valence-electron chi connectivity index (χ1n) is 10.5. The minimum Gasteiger partial charge on any atom is -0.496 e. The first-order chi connectivity index (χ1) is 16.2. The Hall–Kier alpha value is -3.23. The van der Waals surface area contributed by atoms with Gasteiger partial charge >= 0.3 is 0 Å². The van der Waals surface area contributed by atoms with Crippen molar-refractivity contribution in [3.63, 3.8) is 0 Å². The number of benzene rings is 3. The van der Waals surface area contributed by atoms with Crippen LogP contribution >= 0.6 is 11.6 Å². The number of halogens is 1. The minimum absolute atomic E-state index is 0.0319. The van der Waals surface area contributed by atoms with Crippen LogP contribution < -0.4 is 19.1 Å². The average Bonchev–Trinajstić information content (AvgIpc) is 2.83. The van der Waals surface area contributed by atoms with Crippen LogP contribution in [-0.2, 0) is 14.8 Å². The fourth-order valence-corrected chi connectivity index (χ4v) is 5.34. The van der Waals surface area contributed by atoms with Crippen LogP contribution in [-0.4, -0.2) is 35.1 Å². The summed E-state index contributed by atoms with van der Waals surface area (Å²) in [5.74, 6) is 0.331. The number of para-hydroxylation sites is 1. The maximum absolute atomic E-state index is 13.8. The van der Waals surface area contributed by atoms with Crippen molar-refractivity contribution in [3.8, 4) is 11.5 Å². The number of amides is 1. The molecule has 0 unspecified atom stereocenters. The van der Waals surface area contributed by atoms with Gasteiger partial charge < -0.3 is 14.8 Å². The Labute approximate surface area is 205 Å². The highest BCUT2D eigenvalue weighted by Crippen LogP contribution is 2.31. The van der Waals surface area contributed by atoms with Gasteiger partial charge in [0.1, 0.15) is 22.9 Å². The van der Waals surface area contributed by atoms with Gasteiger partial charge in [0.15, 0.2) is 0 Å². The topological polar surface area (TPSA) is 84.9 Å². The van der Waals surface area contributed by atoms with E-state index in [1.807, 2.05) is 18.2 Å². The highest BCUT2D eigenvalue weighted by Gasteiger charge is 2.30. The summed E-state index contributed by atoms with van der Waals surface area (Å²) in [6, 6.07) is 18.0. The van der Waals surface area contributed by atoms with Gasteiger partial charge in [-0.1, -0.05) is 35.9 Å². The third-order valence-electron chi connectivity index (χ3n) is 5.27. The third kappa shape index (κ3) is 5.63. The summed E-state index contributed by atoms with van der Waals surface area (Å²) in [6.07, 6.45) is 0. The quantitative estimate of drug-likeness (QED) is 0.457. The van der Waals surface area contributed by atoms with Gasteiger partial charge in [0, 0.05) is 10.6 Å². The van der Waals surface area contributed by atoms with E-state index in [0.717, 1.165) is 15.4 Å². The molecule has 180 valence electrons. The molecule has 0 bridgehead atoms. The van der Waals surface area contributed by atoms with Gasteiger partial charge in [-0.05, 0) is 61.9 Å². The van der Waals surface area contributed by atoms with Crippen LogP contribution in [0.25, 0.3) is 0 Å². The van der Waals surface area contributed by atoms with E-state index >= 15 is 0 Å². The Kier molecular flexibility index (Phi) is 8.06. The van der Waals surface area contributed by atoms with Gasteiger partial charge in [-0.2, -0.15) is 0 Å². The lowest BCUT2D eigenvalue weighted by Crippen LogP contribution is -2.41. The second-order valence-corrected chi connectivity index (χ2v) is 9.94. The molecular formula is C25H27ClN2O5S. The normalized spacial score (nSPS) is 12.0. The van der Waals surface area contributed by atoms with Crippen molar-refractivity contribution in [1.29, 1.82) is 0 Å². The van der Waals surface area contributed by atoms with Crippen molar-refractivity contribution >= 4 is 33.2 Å². The largest absolute Gasteiger partial charge is 0.496 e. The highest BCUT2D eigenvalue weighted by atomic mass is 35.5. The number of aryl methyl sites for hydroxylation is 1. The molecule has 0 radical (unpaired) electrons. The molecule has 0 heterocycles. The molecule has 0 aliphatic carbocycles. The second kappa shape index (κ2) is 10.8. The molecule has 0 saturated heterocycles. The molecule has 0 saturated carbocycles. The lowest BCUT2D eigenvalue weighted by molar-refractivity contribution is -0.120. The van der Waals surface area contributed by atoms with Crippen LogP contribution in [0.5, 0.6) is 11.5 Å². The lowest BCUT2D eigenvalue weighted by Gasteiger charge is -2.26. The van der Waals surface area contributed by atoms with Crippen LogP contribution in [0, 0.1) is 6.92 Å². The number of anilines is 1. The van der Waals surface area contributed by atoms with Gasteiger partial charge in [0.2, 0.25) is 5.91 Å². The van der Waals surface area contributed by atoms with E-state index in [0.29, 0.717) is 16.5 Å². The Balaban J connectivity index is 1.97. The smallest absolute Gasteiger partial charge is 0.268 e. The first kappa shape index (κ1) is 25.4. The maximum atomic E-state index is 13.8. The fraction of sp³-hybridized carbons (Fsp3) is 0.240. The number of carbonyl (C=O) groups is 1. The van der Waals surface area contributed by atoms with Gasteiger partial charge in [-0.25, -0.2) is 8.42 Å². The molecule has 0 aromatic heterocycles. The molecule has 0 fully saturated rings. The van der Waals surface area contributed by atoms with Crippen LogP contribution in [0.1, 0.15) is 24.1 Å². The fourth-order valence-electron chi connectivity index (χ4n) is 3.55. The van der Waals surface area contributed by atoms with Crippen LogP contribution in [0.3, 0.4) is 0 Å². The van der Waals surface area contributed by atoms with E-state index in [1.165, 1.54) is 13.2 Å². The Morgan fingerprint density at radius 2 is 1.65 bits per heavy atom.